The van der Waals surface area contributed by atoms with E-state index in [-0.39, 0.29) is 12.1 Å². The minimum absolute atomic E-state index is 0.0584. The topological polar surface area (TPSA) is 67.6 Å². The molecule has 1 aromatic heterocycles. The Balaban J connectivity index is 1.75. The number of methoxy groups -OCH3 is 1. The van der Waals surface area contributed by atoms with E-state index in [1.54, 1.807) is 20.1 Å². The molecule has 0 aliphatic carbocycles. The molecule has 1 N–H and O–H groups in total. The highest BCUT2D eigenvalue weighted by Crippen LogP contribution is 2.33. The van der Waals surface area contributed by atoms with Gasteiger partial charge in [-0.05, 0) is 37.5 Å². The molecule has 2 amide bonds. The Hall–Kier alpha value is -2.50. The SMILES string of the molecule is COc1cccc([C@@H]2CCCN2C(=O)Nc2cc(C)on2)c1. The zero-order valence-electron chi connectivity index (χ0n) is 12.7. The second kappa shape index (κ2) is 6.09. The molecule has 2 aromatic rings. The first kappa shape index (κ1) is 14.4. The molecule has 1 fully saturated rings. The molecule has 0 saturated carbocycles. The molecule has 0 radical (unpaired) electrons. The van der Waals surface area contributed by atoms with Crippen molar-refractivity contribution in [3.8, 4) is 5.75 Å². The number of ether oxygens (including phenoxy) is 1. The molecule has 22 heavy (non-hydrogen) atoms. The van der Waals surface area contributed by atoms with E-state index in [1.165, 1.54) is 0 Å². The number of nitrogens with zero attached hydrogens (tertiary/aromatic N) is 2. The first-order valence-electron chi connectivity index (χ1n) is 7.32. The third-order valence-electron chi connectivity index (χ3n) is 3.86. The van der Waals surface area contributed by atoms with Crippen LogP contribution in [0.15, 0.2) is 34.9 Å². The lowest BCUT2D eigenvalue weighted by atomic mass is 10.0. The van der Waals surface area contributed by atoms with Crippen molar-refractivity contribution >= 4 is 11.8 Å². The van der Waals surface area contributed by atoms with E-state index in [0.717, 1.165) is 30.7 Å². The summed E-state index contributed by atoms with van der Waals surface area (Å²) in [6.45, 7) is 2.52. The highest BCUT2D eigenvalue weighted by atomic mass is 16.5. The third kappa shape index (κ3) is 2.90. The number of benzene rings is 1. The first-order chi connectivity index (χ1) is 10.7. The number of anilines is 1. The Kier molecular flexibility index (Phi) is 4.00. The van der Waals surface area contributed by atoms with Crippen molar-refractivity contribution in [3.63, 3.8) is 0 Å². The van der Waals surface area contributed by atoms with Gasteiger partial charge in [-0.3, -0.25) is 5.32 Å². The largest absolute Gasteiger partial charge is 0.497 e. The molecule has 1 aliphatic heterocycles. The van der Waals surface area contributed by atoms with Crippen LogP contribution in [0.5, 0.6) is 5.75 Å². The van der Waals surface area contributed by atoms with Gasteiger partial charge in [-0.15, -0.1) is 0 Å². The van der Waals surface area contributed by atoms with Crippen LogP contribution in [0.25, 0.3) is 0 Å². The summed E-state index contributed by atoms with van der Waals surface area (Å²) in [4.78, 5) is 14.3. The summed E-state index contributed by atoms with van der Waals surface area (Å²) in [5.41, 5.74) is 1.09. The van der Waals surface area contributed by atoms with Crippen molar-refractivity contribution in [2.45, 2.75) is 25.8 Å². The Morgan fingerprint density at radius 1 is 1.45 bits per heavy atom. The lowest BCUT2D eigenvalue weighted by Gasteiger charge is -2.25. The molecular formula is C16H19N3O3. The normalized spacial score (nSPS) is 17.5. The van der Waals surface area contributed by atoms with Crippen molar-refractivity contribution in [1.82, 2.24) is 10.1 Å². The van der Waals surface area contributed by atoms with Gasteiger partial charge < -0.3 is 14.2 Å². The fraction of sp³-hybridized carbons (Fsp3) is 0.375. The predicted molar refractivity (Wildman–Crippen MR) is 81.9 cm³/mol. The Morgan fingerprint density at radius 3 is 3.05 bits per heavy atom. The lowest BCUT2D eigenvalue weighted by molar-refractivity contribution is 0.206. The fourth-order valence-electron chi connectivity index (χ4n) is 2.81. The summed E-state index contributed by atoms with van der Waals surface area (Å²) in [6, 6.07) is 9.47. The van der Waals surface area contributed by atoms with Crippen LogP contribution in [-0.2, 0) is 0 Å². The van der Waals surface area contributed by atoms with E-state index >= 15 is 0 Å². The number of aromatic nitrogens is 1. The smallest absolute Gasteiger partial charge is 0.323 e. The summed E-state index contributed by atoms with van der Waals surface area (Å²) < 4.78 is 10.2. The maximum Gasteiger partial charge on any atom is 0.323 e. The average molecular weight is 301 g/mol. The second-order valence-electron chi connectivity index (χ2n) is 5.38. The fourth-order valence-corrected chi connectivity index (χ4v) is 2.81. The van der Waals surface area contributed by atoms with Gasteiger partial charge in [-0.1, -0.05) is 17.3 Å². The van der Waals surface area contributed by atoms with Crippen LogP contribution < -0.4 is 10.1 Å². The predicted octanol–water partition coefficient (Wildman–Crippen LogP) is 3.36. The average Bonchev–Trinajstić information content (AvgIpc) is 3.16. The molecule has 0 spiro atoms. The van der Waals surface area contributed by atoms with Gasteiger partial charge in [0.25, 0.3) is 0 Å². The molecule has 1 saturated heterocycles. The van der Waals surface area contributed by atoms with Crippen molar-refractivity contribution in [2.24, 2.45) is 0 Å². The zero-order chi connectivity index (χ0) is 15.5. The number of amides is 2. The van der Waals surface area contributed by atoms with Crippen LogP contribution in [0.4, 0.5) is 10.6 Å². The van der Waals surface area contributed by atoms with Gasteiger partial charge >= 0.3 is 6.03 Å². The van der Waals surface area contributed by atoms with Crippen LogP contribution in [0.1, 0.15) is 30.2 Å². The van der Waals surface area contributed by atoms with E-state index < -0.39 is 0 Å². The molecule has 3 rings (SSSR count). The first-order valence-corrected chi connectivity index (χ1v) is 7.32. The lowest BCUT2D eigenvalue weighted by Crippen LogP contribution is -2.34. The number of aryl methyl sites for hydroxylation is 1. The molecule has 6 heteroatoms. The monoisotopic (exact) mass is 301 g/mol. The van der Waals surface area contributed by atoms with E-state index in [2.05, 4.69) is 10.5 Å². The summed E-state index contributed by atoms with van der Waals surface area (Å²) in [6.07, 6.45) is 1.92. The van der Waals surface area contributed by atoms with Gasteiger partial charge in [0.05, 0.1) is 13.2 Å². The number of rotatable bonds is 3. The van der Waals surface area contributed by atoms with Crippen LogP contribution in [0.3, 0.4) is 0 Å². The molecular weight excluding hydrogens is 282 g/mol. The minimum atomic E-state index is -0.154. The van der Waals surface area contributed by atoms with Crippen LogP contribution >= 0.6 is 0 Å². The summed E-state index contributed by atoms with van der Waals surface area (Å²) in [5.74, 6) is 1.91. The summed E-state index contributed by atoms with van der Waals surface area (Å²) in [7, 11) is 1.64. The molecule has 1 atom stereocenters. The number of carbonyl (C=O) groups is 1. The third-order valence-corrected chi connectivity index (χ3v) is 3.86. The maximum absolute atomic E-state index is 12.5. The van der Waals surface area contributed by atoms with Crippen molar-refractivity contribution in [1.29, 1.82) is 0 Å². The number of urea groups is 1. The van der Waals surface area contributed by atoms with E-state index in [9.17, 15) is 4.79 Å². The molecule has 1 aliphatic rings. The van der Waals surface area contributed by atoms with Gasteiger partial charge in [0.15, 0.2) is 5.82 Å². The van der Waals surface area contributed by atoms with Gasteiger partial charge in [0, 0.05) is 12.6 Å². The van der Waals surface area contributed by atoms with Crippen molar-refractivity contribution in [3.05, 3.63) is 41.7 Å². The molecule has 1 aromatic carbocycles. The van der Waals surface area contributed by atoms with E-state index in [0.29, 0.717) is 11.6 Å². The van der Waals surface area contributed by atoms with Gasteiger partial charge in [-0.25, -0.2) is 4.79 Å². The zero-order valence-corrected chi connectivity index (χ0v) is 12.7. The minimum Gasteiger partial charge on any atom is -0.497 e. The van der Waals surface area contributed by atoms with Gasteiger partial charge in [-0.2, -0.15) is 0 Å². The van der Waals surface area contributed by atoms with E-state index in [4.69, 9.17) is 9.26 Å². The molecule has 116 valence electrons. The highest BCUT2D eigenvalue weighted by molar-refractivity contribution is 5.88. The second-order valence-corrected chi connectivity index (χ2v) is 5.38. The van der Waals surface area contributed by atoms with Crippen LogP contribution in [0, 0.1) is 6.92 Å². The number of likely N-dealkylation sites (tertiary alicyclic amines) is 1. The number of nitrogens with one attached hydrogen (secondary N) is 1. The number of carbonyl (C=O) groups excluding carboxylic acids is 1. The molecule has 0 bridgehead atoms. The highest BCUT2D eigenvalue weighted by Gasteiger charge is 2.30. The van der Waals surface area contributed by atoms with Crippen molar-refractivity contribution in [2.75, 3.05) is 19.0 Å². The quantitative estimate of drug-likeness (QED) is 0.944. The number of hydrogen-bond donors (Lipinski definition) is 1. The van der Waals surface area contributed by atoms with Crippen LogP contribution in [0.2, 0.25) is 0 Å². The Labute approximate surface area is 129 Å². The Morgan fingerprint density at radius 2 is 2.32 bits per heavy atom. The van der Waals surface area contributed by atoms with E-state index in [1.807, 2.05) is 29.2 Å². The van der Waals surface area contributed by atoms with Gasteiger partial charge in [0.2, 0.25) is 0 Å². The Bertz CT molecular complexity index is 668. The molecule has 6 nitrogen and oxygen atoms in total. The maximum atomic E-state index is 12.5. The molecule has 2 heterocycles. The van der Waals surface area contributed by atoms with Crippen LogP contribution in [-0.4, -0.2) is 29.7 Å². The number of hydrogen-bond acceptors (Lipinski definition) is 4. The summed E-state index contributed by atoms with van der Waals surface area (Å²) in [5, 5.41) is 6.58. The van der Waals surface area contributed by atoms with Gasteiger partial charge in [0.1, 0.15) is 11.5 Å². The summed E-state index contributed by atoms with van der Waals surface area (Å²) >= 11 is 0. The standard InChI is InChI=1S/C16H19N3O3/c1-11-9-15(18-22-11)17-16(20)19-8-4-7-14(19)12-5-3-6-13(10-12)21-2/h3,5-6,9-10,14H,4,7-8H2,1-2H3,(H,17,18,20)/t14-/m0/s1. The molecule has 0 unspecified atom stereocenters. The van der Waals surface area contributed by atoms with Crippen molar-refractivity contribution < 1.29 is 14.1 Å².